The van der Waals surface area contributed by atoms with Gasteiger partial charge in [-0.1, -0.05) is 12.1 Å². The van der Waals surface area contributed by atoms with Crippen LogP contribution in [-0.4, -0.2) is 17.0 Å². The van der Waals surface area contributed by atoms with Crippen LogP contribution in [0.25, 0.3) is 0 Å². The van der Waals surface area contributed by atoms with Crippen molar-refractivity contribution in [3.8, 4) is 5.75 Å². The summed E-state index contributed by atoms with van der Waals surface area (Å²) in [5, 5.41) is 2.64. The number of carbonyl (C=O) groups is 1. The Balaban J connectivity index is 2.22. The number of pyridine rings is 1. The van der Waals surface area contributed by atoms with Gasteiger partial charge >= 0.3 is 0 Å². The highest BCUT2D eigenvalue weighted by Gasteiger charge is 2.14. The minimum absolute atomic E-state index is 0.0225. The summed E-state index contributed by atoms with van der Waals surface area (Å²) in [5.74, 6) is -0.651. The molecule has 1 N–H and O–H groups in total. The molecule has 0 aliphatic rings. The SMILES string of the molecule is CC(C)Oc1ccccc1NC(=O)c1ccncc1F. The molecule has 0 saturated carbocycles. The van der Waals surface area contributed by atoms with Gasteiger partial charge in [-0.25, -0.2) is 4.39 Å². The van der Waals surface area contributed by atoms with E-state index in [1.54, 1.807) is 24.3 Å². The van der Waals surface area contributed by atoms with E-state index in [0.29, 0.717) is 11.4 Å². The molecule has 1 heterocycles. The Bertz CT molecular complexity index is 614. The zero-order valence-electron chi connectivity index (χ0n) is 11.3. The summed E-state index contributed by atoms with van der Waals surface area (Å²) in [5.41, 5.74) is 0.446. The van der Waals surface area contributed by atoms with E-state index in [0.717, 1.165) is 6.20 Å². The van der Waals surface area contributed by atoms with Crippen molar-refractivity contribution in [2.24, 2.45) is 0 Å². The number of benzene rings is 1. The molecule has 1 amide bonds. The number of rotatable bonds is 4. The molecule has 0 bridgehead atoms. The summed E-state index contributed by atoms with van der Waals surface area (Å²) >= 11 is 0. The lowest BCUT2D eigenvalue weighted by molar-refractivity contribution is 0.102. The first-order chi connectivity index (χ1) is 9.58. The highest BCUT2D eigenvalue weighted by molar-refractivity contribution is 6.05. The largest absolute Gasteiger partial charge is 0.489 e. The first-order valence-corrected chi connectivity index (χ1v) is 6.24. The average Bonchev–Trinajstić information content (AvgIpc) is 2.41. The van der Waals surface area contributed by atoms with Gasteiger partial charge in [-0.05, 0) is 32.0 Å². The molecular formula is C15H15FN2O2. The van der Waals surface area contributed by atoms with Gasteiger partial charge < -0.3 is 10.1 Å². The summed E-state index contributed by atoms with van der Waals surface area (Å²) in [6.07, 6.45) is 2.35. The number of hydrogen-bond acceptors (Lipinski definition) is 3. The molecule has 0 fully saturated rings. The zero-order valence-corrected chi connectivity index (χ0v) is 11.3. The molecule has 0 radical (unpaired) electrons. The zero-order chi connectivity index (χ0) is 14.5. The fraction of sp³-hybridized carbons (Fsp3) is 0.200. The highest BCUT2D eigenvalue weighted by Crippen LogP contribution is 2.25. The van der Waals surface area contributed by atoms with Gasteiger partial charge in [0.25, 0.3) is 5.91 Å². The molecule has 20 heavy (non-hydrogen) atoms. The third-order valence-electron chi connectivity index (χ3n) is 2.52. The van der Waals surface area contributed by atoms with Crippen molar-refractivity contribution in [3.63, 3.8) is 0 Å². The van der Waals surface area contributed by atoms with E-state index in [2.05, 4.69) is 10.3 Å². The van der Waals surface area contributed by atoms with Gasteiger partial charge in [-0.3, -0.25) is 9.78 Å². The number of hydrogen-bond donors (Lipinski definition) is 1. The lowest BCUT2D eigenvalue weighted by Crippen LogP contribution is -2.15. The first kappa shape index (κ1) is 14.0. The quantitative estimate of drug-likeness (QED) is 0.931. The van der Waals surface area contributed by atoms with E-state index in [4.69, 9.17) is 4.74 Å². The number of nitrogens with one attached hydrogen (secondary N) is 1. The van der Waals surface area contributed by atoms with Crippen molar-refractivity contribution in [2.75, 3.05) is 5.32 Å². The monoisotopic (exact) mass is 274 g/mol. The number of ether oxygens (including phenoxy) is 1. The second-order valence-corrected chi connectivity index (χ2v) is 4.47. The van der Waals surface area contributed by atoms with Crippen molar-refractivity contribution >= 4 is 11.6 Å². The third kappa shape index (κ3) is 3.32. The molecule has 5 heteroatoms. The van der Waals surface area contributed by atoms with Gasteiger partial charge in [0.15, 0.2) is 5.82 Å². The fourth-order valence-corrected chi connectivity index (χ4v) is 1.68. The normalized spacial score (nSPS) is 10.4. The molecule has 104 valence electrons. The molecule has 2 rings (SSSR count). The summed E-state index contributed by atoms with van der Waals surface area (Å²) in [7, 11) is 0. The van der Waals surface area contributed by atoms with Crippen LogP contribution in [0.4, 0.5) is 10.1 Å². The second-order valence-electron chi connectivity index (χ2n) is 4.47. The Labute approximate surface area is 116 Å². The van der Waals surface area contributed by atoms with E-state index in [9.17, 15) is 9.18 Å². The number of anilines is 1. The molecule has 0 aliphatic heterocycles. The van der Waals surface area contributed by atoms with Gasteiger partial charge in [0.1, 0.15) is 5.75 Å². The lowest BCUT2D eigenvalue weighted by atomic mass is 10.2. The number of aromatic nitrogens is 1. The summed E-state index contributed by atoms with van der Waals surface area (Å²) in [4.78, 5) is 15.7. The average molecular weight is 274 g/mol. The number of amides is 1. The molecule has 0 spiro atoms. The minimum atomic E-state index is -0.660. The van der Waals surface area contributed by atoms with Crippen LogP contribution in [0, 0.1) is 5.82 Å². The third-order valence-corrected chi connectivity index (χ3v) is 2.52. The van der Waals surface area contributed by atoms with Gasteiger partial charge in [0.2, 0.25) is 0 Å². The van der Waals surface area contributed by atoms with Crippen LogP contribution in [-0.2, 0) is 0 Å². The molecule has 0 aliphatic carbocycles. The molecule has 0 saturated heterocycles. The fourth-order valence-electron chi connectivity index (χ4n) is 1.68. The minimum Gasteiger partial charge on any atom is -0.489 e. The van der Waals surface area contributed by atoms with Gasteiger partial charge in [-0.2, -0.15) is 0 Å². The first-order valence-electron chi connectivity index (χ1n) is 6.24. The lowest BCUT2D eigenvalue weighted by Gasteiger charge is -2.14. The topological polar surface area (TPSA) is 51.2 Å². The summed E-state index contributed by atoms with van der Waals surface area (Å²) in [6, 6.07) is 8.36. The van der Waals surface area contributed by atoms with E-state index >= 15 is 0 Å². The molecule has 1 aromatic heterocycles. The molecular weight excluding hydrogens is 259 g/mol. The van der Waals surface area contributed by atoms with Crippen molar-refractivity contribution in [1.29, 1.82) is 0 Å². The number of halogens is 1. The van der Waals surface area contributed by atoms with Crippen molar-refractivity contribution in [1.82, 2.24) is 4.98 Å². The van der Waals surface area contributed by atoms with Gasteiger partial charge in [0.05, 0.1) is 23.6 Å². The summed E-state index contributed by atoms with van der Waals surface area (Å²) < 4.78 is 19.1. The van der Waals surface area contributed by atoms with Crippen molar-refractivity contribution in [3.05, 3.63) is 54.1 Å². The smallest absolute Gasteiger partial charge is 0.258 e. The Kier molecular flexibility index (Phi) is 4.30. The van der Waals surface area contributed by atoms with Crippen LogP contribution < -0.4 is 10.1 Å². The van der Waals surface area contributed by atoms with Crippen LogP contribution >= 0.6 is 0 Å². The maximum Gasteiger partial charge on any atom is 0.258 e. The predicted molar refractivity (Wildman–Crippen MR) is 74.4 cm³/mol. The molecule has 4 nitrogen and oxygen atoms in total. The van der Waals surface area contributed by atoms with Crippen LogP contribution in [0.2, 0.25) is 0 Å². The van der Waals surface area contributed by atoms with E-state index in [1.807, 2.05) is 13.8 Å². The van der Waals surface area contributed by atoms with E-state index in [1.165, 1.54) is 12.3 Å². The predicted octanol–water partition coefficient (Wildman–Crippen LogP) is 3.26. The maximum atomic E-state index is 13.5. The van der Waals surface area contributed by atoms with Crippen LogP contribution in [0.5, 0.6) is 5.75 Å². The van der Waals surface area contributed by atoms with Crippen LogP contribution in [0.1, 0.15) is 24.2 Å². The van der Waals surface area contributed by atoms with E-state index < -0.39 is 11.7 Å². The number of nitrogens with zero attached hydrogens (tertiary/aromatic N) is 1. The highest BCUT2D eigenvalue weighted by atomic mass is 19.1. The van der Waals surface area contributed by atoms with Gasteiger partial charge in [0, 0.05) is 6.20 Å². The molecule has 0 unspecified atom stereocenters. The van der Waals surface area contributed by atoms with Crippen LogP contribution in [0.3, 0.4) is 0 Å². The van der Waals surface area contributed by atoms with Gasteiger partial charge in [-0.15, -0.1) is 0 Å². The number of para-hydroxylation sites is 2. The Morgan fingerprint density at radius 3 is 2.75 bits per heavy atom. The molecule has 0 atom stereocenters. The Hall–Kier alpha value is -2.43. The maximum absolute atomic E-state index is 13.5. The van der Waals surface area contributed by atoms with Crippen molar-refractivity contribution in [2.45, 2.75) is 20.0 Å². The Morgan fingerprint density at radius 2 is 2.05 bits per heavy atom. The van der Waals surface area contributed by atoms with E-state index in [-0.39, 0.29) is 11.7 Å². The molecule has 1 aromatic carbocycles. The Morgan fingerprint density at radius 1 is 1.30 bits per heavy atom. The van der Waals surface area contributed by atoms with Crippen LogP contribution in [0.15, 0.2) is 42.7 Å². The standard InChI is InChI=1S/C15H15FN2O2/c1-10(2)20-14-6-4-3-5-13(14)18-15(19)11-7-8-17-9-12(11)16/h3-10H,1-2H3,(H,18,19). The van der Waals surface area contributed by atoms with Crippen molar-refractivity contribution < 1.29 is 13.9 Å². The second kappa shape index (κ2) is 6.14. The number of carbonyl (C=O) groups excluding carboxylic acids is 1. The molecule has 2 aromatic rings. The summed E-state index contributed by atoms with van der Waals surface area (Å²) in [6.45, 7) is 3.78.